The average molecular weight is 372 g/mol. The molecule has 0 saturated heterocycles. The van der Waals surface area contributed by atoms with Gasteiger partial charge in [-0.3, -0.25) is 4.79 Å². The zero-order valence-electron chi connectivity index (χ0n) is 16.4. The van der Waals surface area contributed by atoms with Crippen molar-refractivity contribution in [3.63, 3.8) is 0 Å². The zero-order valence-corrected chi connectivity index (χ0v) is 16.4. The van der Waals surface area contributed by atoms with Crippen LogP contribution in [0.4, 0.5) is 5.95 Å². The molecule has 7 heteroatoms. The first-order valence-corrected chi connectivity index (χ1v) is 9.09. The maximum atomic E-state index is 12.3. The number of aromatic nitrogens is 2. The molecule has 0 radical (unpaired) electrons. The number of benzene rings is 1. The Labute approximate surface area is 160 Å². The molecule has 2 rings (SSSR count). The van der Waals surface area contributed by atoms with Gasteiger partial charge in [0.25, 0.3) is 5.91 Å². The van der Waals surface area contributed by atoms with Crippen LogP contribution in [0.15, 0.2) is 30.5 Å². The maximum absolute atomic E-state index is 12.3. The second kappa shape index (κ2) is 10.4. The molecule has 1 aromatic heterocycles. The third-order valence-corrected chi connectivity index (χ3v) is 4.04. The molecule has 0 unspecified atom stereocenters. The van der Waals surface area contributed by atoms with E-state index >= 15 is 0 Å². The van der Waals surface area contributed by atoms with E-state index in [2.05, 4.69) is 34.4 Å². The van der Waals surface area contributed by atoms with Crippen molar-refractivity contribution in [3.8, 4) is 11.5 Å². The number of carbonyl (C=O) groups excluding carboxylic acids is 1. The third-order valence-electron chi connectivity index (χ3n) is 4.04. The molecule has 0 aliphatic rings. The van der Waals surface area contributed by atoms with Crippen molar-refractivity contribution in [2.45, 2.75) is 26.7 Å². The van der Waals surface area contributed by atoms with Gasteiger partial charge in [0.15, 0.2) is 11.5 Å². The van der Waals surface area contributed by atoms with E-state index in [1.165, 1.54) is 0 Å². The summed E-state index contributed by atoms with van der Waals surface area (Å²) in [4.78, 5) is 20.7. The van der Waals surface area contributed by atoms with E-state index in [0.29, 0.717) is 42.0 Å². The number of methoxy groups -OCH3 is 2. The van der Waals surface area contributed by atoms with Crippen LogP contribution in [-0.4, -0.2) is 43.2 Å². The number of hydrogen-bond acceptors (Lipinski definition) is 6. The number of nitrogens with one attached hydrogen (secondary N) is 2. The normalized spacial score (nSPS) is 10.6. The van der Waals surface area contributed by atoms with Gasteiger partial charge in [-0.2, -0.15) is 0 Å². The minimum atomic E-state index is -0.218. The highest BCUT2D eigenvalue weighted by molar-refractivity contribution is 5.92. The van der Waals surface area contributed by atoms with Crippen LogP contribution in [0.3, 0.4) is 0 Å². The Balaban J connectivity index is 1.87. The first kappa shape index (κ1) is 20.5. The Bertz CT molecular complexity index is 750. The Hall–Kier alpha value is -2.83. The minimum Gasteiger partial charge on any atom is -0.493 e. The molecular formula is C20H28N4O3. The summed E-state index contributed by atoms with van der Waals surface area (Å²) in [6.07, 6.45) is 3.29. The van der Waals surface area contributed by atoms with Crippen molar-refractivity contribution in [1.29, 1.82) is 0 Å². The molecule has 146 valence electrons. The fraction of sp³-hybridized carbons (Fsp3) is 0.450. The van der Waals surface area contributed by atoms with Gasteiger partial charge in [-0.15, -0.1) is 0 Å². The molecule has 0 fully saturated rings. The molecule has 1 amide bonds. The van der Waals surface area contributed by atoms with Gasteiger partial charge < -0.3 is 20.1 Å². The topological polar surface area (TPSA) is 85.4 Å². The Kier molecular flexibility index (Phi) is 7.85. The predicted molar refractivity (Wildman–Crippen MR) is 106 cm³/mol. The van der Waals surface area contributed by atoms with Crippen LogP contribution >= 0.6 is 0 Å². The van der Waals surface area contributed by atoms with Crippen molar-refractivity contribution >= 4 is 11.9 Å². The van der Waals surface area contributed by atoms with Crippen LogP contribution in [0.5, 0.6) is 11.5 Å². The van der Waals surface area contributed by atoms with Gasteiger partial charge in [0.2, 0.25) is 5.95 Å². The van der Waals surface area contributed by atoms with E-state index in [9.17, 15) is 4.79 Å². The van der Waals surface area contributed by atoms with Crippen molar-refractivity contribution < 1.29 is 14.3 Å². The van der Waals surface area contributed by atoms with Gasteiger partial charge in [-0.25, -0.2) is 9.97 Å². The smallest absolute Gasteiger partial charge is 0.270 e. The predicted octanol–water partition coefficient (Wildman–Crippen LogP) is 2.92. The van der Waals surface area contributed by atoms with E-state index in [-0.39, 0.29) is 5.91 Å². The van der Waals surface area contributed by atoms with Crippen LogP contribution in [0.2, 0.25) is 0 Å². The maximum Gasteiger partial charge on any atom is 0.270 e. The van der Waals surface area contributed by atoms with E-state index in [4.69, 9.17) is 9.47 Å². The van der Waals surface area contributed by atoms with Crippen LogP contribution in [0, 0.1) is 5.92 Å². The number of carbonyl (C=O) groups is 1. The highest BCUT2D eigenvalue weighted by Crippen LogP contribution is 2.27. The summed E-state index contributed by atoms with van der Waals surface area (Å²) < 4.78 is 10.5. The van der Waals surface area contributed by atoms with E-state index < -0.39 is 0 Å². The van der Waals surface area contributed by atoms with E-state index in [1.807, 2.05) is 18.2 Å². The zero-order chi connectivity index (χ0) is 19.6. The van der Waals surface area contributed by atoms with Crippen LogP contribution < -0.4 is 20.1 Å². The molecule has 0 saturated carbocycles. The van der Waals surface area contributed by atoms with Gasteiger partial charge >= 0.3 is 0 Å². The molecule has 0 aliphatic heterocycles. The summed E-state index contributed by atoms with van der Waals surface area (Å²) in [5, 5.41) is 6.03. The number of amides is 1. The van der Waals surface area contributed by atoms with Crippen LogP contribution in [0.25, 0.3) is 0 Å². The molecule has 7 nitrogen and oxygen atoms in total. The standard InChI is InChI=1S/C20H28N4O3/c1-14(2)7-10-22-20-23-12-9-16(24-20)19(25)21-11-8-15-5-6-17(26-3)18(13-15)27-4/h5-6,9,12-14H,7-8,10-11H2,1-4H3,(H,21,25)(H,22,23,24). The Morgan fingerprint density at radius 3 is 2.59 bits per heavy atom. The van der Waals surface area contributed by atoms with E-state index in [1.54, 1.807) is 26.5 Å². The first-order valence-electron chi connectivity index (χ1n) is 9.09. The second-order valence-electron chi connectivity index (χ2n) is 6.57. The molecule has 0 aliphatic carbocycles. The summed E-state index contributed by atoms with van der Waals surface area (Å²) in [6.45, 7) is 5.59. The fourth-order valence-electron chi connectivity index (χ4n) is 2.49. The molecule has 0 atom stereocenters. The molecule has 2 N–H and O–H groups in total. The second-order valence-corrected chi connectivity index (χ2v) is 6.57. The summed E-state index contributed by atoms with van der Waals surface area (Å²) in [5.74, 6) is 2.21. The molecular weight excluding hydrogens is 344 g/mol. The molecule has 0 spiro atoms. The summed E-state index contributed by atoms with van der Waals surface area (Å²) in [5.41, 5.74) is 1.40. The highest BCUT2D eigenvalue weighted by atomic mass is 16.5. The monoisotopic (exact) mass is 372 g/mol. The fourth-order valence-corrected chi connectivity index (χ4v) is 2.49. The van der Waals surface area contributed by atoms with Crippen molar-refractivity contribution in [2.24, 2.45) is 5.92 Å². The molecule has 1 aromatic carbocycles. The van der Waals surface area contributed by atoms with Gasteiger partial charge in [-0.05, 0) is 42.5 Å². The van der Waals surface area contributed by atoms with Crippen LogP contribution in [0.1, 0.15) is 36.3 Å². The molecule has 27 heavy (non-hydrogen) atoms. The number of anilines is 1. The lowest BCUT2D eigenvalue weighted by atomic mass is 10.1. The summed E-state index contributed by atoms with van der Waals surface area (Å²) in [6, 6.07) is 7.33. The minimum absolute atomic E-state index is 0.218. The average Bonchev–Trinajstić information content (AvgIpc) is 2.67. The van der Waals surface area contributed by atoms with Crippen molar-refractivity contribution in [1.82, 2.24) is 15.3 Å². The molecule has 2 aromatic rings. The number of ether oxygens (including phenoxy) is 2. The first-order chi connectivity index (χ1) is 13.0. The number of rotatable bonds is 10. The quantitative estimate of drug-likeness (QED) is 0.667. The third kappa shape index (κ3) is 6.44. The van der Waals surface area contributed by atoms with Crippen LogP contribution in [-0.2, 0) is 6.42 Å². The number of nitrogens with zero attached hydrogens (tertiary/aromatic N) is 2. The number of hydrogen-bond donors (Lipinski definition) is 2. The lowest BCUT2D eigenvalue weighted by molar-refractivity contribution is 0.0949. The van der Waals surface area contributed by atoms with Gasteiger partial charge in [-0.1, -0.05) is 19.9 Å². The van der Waals surface area contributed by atoms with Gasteiger partial charge in [0.05, 0.1) is 14.2 Å². The SMILES string of the molecule is COc1ccc(CCNC(=O)c2ccnc(NCCC(C)C)n2)cc1OC. The van der Waals surface area contributed by atoms with Gasteiger partial charge in [0, 0.05) is 19.3 Å². The van der Waals surface area contributed by atoms with Gasteiger partial charge in [0.1, 0.15) is 5.69 Å². The lowest BCUT2D eigenvalue weighted by Crippen LogP contribution is -2.27. The Morgan fingerprint density at radius 1 is 1.11 bits per heavy atom. The lowest BCUT2D eigenvalue weighted by Gasteiger charge is -2.10. The molecule has 1 heterocycles. The summed E-state index contributed by atoms with van der Waals surface area (Å²) >= 11 is 0. The highest BCUT2D eigenvalue weighted by Gasteiger charge is 2.09. The Morgan fingerprint density at radius 2 is 1.89 bits per heavy atom. The van der Waals surface area contributed by atoms with E-state index in [0.717, 1.165) is 18.5 Å². The molecule has 0 bridgehead atoms. The largest absolute Gasteiger partial charge is 0.493 e. The van der Waals surface area contributed by atoms with Crippen molar-refractivity contribution in [3.05, 3.63) is 41.7 Å². The summed E-state index contributed by atoms with van der Waals surface area (Å²) in [7, 11) is 3.21. The van der Waals surface area contributed by atoms with Crippen molar-refractivity contribution in [2.75, 3.05) is 32.6 Å².